The first kappa shape index (κ1) is 19.7. The molecule has 7 heteroatoms. The van der Waals surface area contributed by atoms with Gasteiger partial charge in [0, 0.05) is 34.2 Å². The minimum absolute atomic E-state index is 0.159. The minimum Gasteiger partial charge on any atom is -0.455 e. The van der Waals surface area contributed by atoms with E-state index >= 15 is 0 Å². The van der Waals surface area contributed by atoms with Gasteiger partial charge in [-0.25, -0.2) is 5.43 Å². The van der Waals surface area contributed by atoms with E-state index in [0.717, 1.165) is 67.5 Å². The van der Waals surface area contributed by atoms with Crippen LogP contribution in [0.4, 0.5) is 0 Å². The molecule has 0 saturated heterocycles. The number of nitrogens with zero attached hydrogens (tertiary/aromatic N) is 1. The number of nitrogens with one attached hydrogen (secondary N) is 2. The molecule has 6 nitrogen and oxygen atoms in total. The Kier molecular flexibility index (Phi) is 5.72. The number of carbonyl (C=O) groups excluding carboxylic acids is 2. The highest BCUT2D eigenvalue weighted by atomic mass is 35.5. The Bertz CT molecular complexity index is 956. The Balaban J connectivity index is 1.53. The van der Waals surface area contributed by atoms with Crippen LogP contribution in [0.1, 0.15) is 76.3 Å². The number of hydrogen-bond acceptors (Lipinski definition) is 4. The zero-order valence-corrected chi connectivity index (χ0v) is 17.1. The van der Waals surface area contributed by atoms with Crippen molar-refractivity contribution in [3.63, 3.8) is 0 Å². The quantitative estimate of drug-likeness (QED) is 0.729. The smallest absolute Gasteiger partial charge is 0.287 e. The summed E-state index contributed by atoms with van der Waals surface area (Å²) in [7, 11) is 0. The number of halogens is 1. The SMILES string of the molecule is Cc1c(C(=O)NC2CCCC2)oc2c1/C(=N/NC(=O)c1ccc(Cl)cc1)CCC2. The molecule has 4 rings (SSSR count). The third-order valence-electron chi connectivity index (χ3n) is 5.62. The lowest BCUT2D eigenvalue weighted by atomic mass is 9.93. The zero-order chi connectivity index (χ0) is 20.4. The van der Waals surface area contributed by atoms with Crippen molar-refractivity contribution in [1.82, 2.24) is 10.7 Å². The maximum Gasteiger partial charge on any atom is 0.287 e. The largest absolute Gasteiger partial charge is 0.455 e. The molecule has 0 spiro atoms. The second-order valence-electron chi connectivity index (χ2n) is 7.67. The van der Waals surface area contributed by atoms with Crippen molar-refractivity contribution in [2.24, 2.45) is 5.10 Å². The summed E-state index contributed by atoms with van der Waals surface area (Å²) in [6.45, 7) is 1.88. The molecule has 0 atom stereocenters. The lowest BCUT2D eigenvalue weighted by molar-refractivity contribution is 0.0906. The fourth-order valence-corrected chi connectivity index (χ4v) is 4.23. The first-order valence-electron chi connectivity index (χ1n) is 10.1. The Morgan fingerprint density at radius 3 is 2.52 bits per heavy atom. The molecule has 2 N–H and O–H groups in total. The molecule has 2 aromatic rings. The molecule has 29 heavy (non-hydrogen) atoms. The summed E-state index contributed by atoms with van der Waals surface area (Å²) in [6, 6.07) is 6.86. The Hall–Kier alpha value is -2.60. The van der Waals surface area contributed by atoms with Crippen LogP contribution < -0.4 is 10.7 Å². The van der Waals surface area contributed by atoms with E-state index in [1.807, 2.05) is 6.92 Å². The number of fused-ring (bicyclic) bond motifs is 1. The topological polar surface area (TPSA) is 83.7 Å². The first-order valence-corrected chi connectivity index (χ1v) is 10.5. The van der Waals surface area contributed by atoms with E-state index in [1.54, 1.807) is 24.3 Å². The molecule has 1 saturated carbocycles. The van der Waals surface area contributed by atoms with Gasteiger partial charge >= 0.3 is 0 Å². The third-order valence-corrected chi connectivity index (χ3v) is 5.87. The van der Waals surface area contributed by atoms with Crippen LogP contribution in [0.3, 0.4) is 0 Å². The molecule has 152 valence electrons. The number of hydrogen-bond donors (Lipinski definition) is 2. The van der Waals surface area contributed by atoms with Crippen LogP contribution in [-0.2, 0) is 6.42 Å². The Labute approximate surface area is 174 Å². The number of aryl methyl sites for hydroxylation is 1. The van der Waals surface area contributed by atoms with Crippen LogP contribution in [-0.4, -0.2) is 23.6 Å². The van der Waals surface area contributed by atoms with Crippen molar-refractivity contribution in [1.29, 1.82) is 0 Å². The van der Waals surface area contributed by atoms with Gasteiger partial charge in [0.1, 0.15) is 5.76 Å². The third kappa shape index (κ3) is 4.22. The molecule has 1 aromatic heterocycles. The number of rotatable bonds is 4. The second-order valence-corrected chi connectivity index (χ2v) is 8.11. The molecule has 0 unspecified atom stereocenters. The van der Waals surface area contributed by atoms with E-state index in [1.165, 1.54) is 0 Å². The van der Waals surface area contributed by atoms with Crippen LogP contribution in [0.5, 0.6) is 0 Å². The molecule has 0 radical (unpaired) electrons. The second kappa shape index (κ2) is 8.41. The summed E-state index contributed by atoms with van der Waals surface area (Å²) < 4.78 is 5.92. The lowest BCUT2D eigenvalue weighted by Gasteiger charge is -2.13. The lowest BCUT2D eigenvalue weighted by Crippen LogP contribution is -2.32. The number of carbonyl (C=O) groups is 2. The molecule has 2 aliphatic carbocycles. The van der Waals surface area contributed by atoms with E-state index in [0.29, 0.717) is 16.3 Å². The molecular formula is C22H24ClN3O3. The summed E-state index contributed by atoms with van der Waals surface area (Å²) >= 11 is 5.87. The van der Waals surface area contributed by atoms with E-state index in [9.17, 15) is 9.59 Å². The highest BCUT2D eigenvalue weighted by Crippen LogP contribution is 2.30. The number of hydrazone groups is 1. The van der Waals surface area contributed by atoms with Crippen LogP contribution in [0.2, 0.25) is 5.02 Å². The summed E-state index contributed by atoms with van der Waals surface area (Å²) in [6.07, 6.45) is 6.70. The average molecular weight is 414 g/mol. The van der Waals surface area contributed by atoms with Crippen molar-refractivity contribution >= 4 is 29.1 Å². The van der Waals surface area contributed by atoms with Crippen molar-refractivity contribution < 1.29 is 14.0 Å². The van der Waals surface area contributed by atoms with Gasteiger partial charge in [-0.05, 0) is 56.9 Å². The van der Waals surface area contributed by atoms with E-state index in [4.69, 9.17) is 16.0 Å². The highest BCUT2D eigenvalue weighted by Gasteiger charge is 2.29. The molecule has 1 fully saturated rings. The summed E-state index contributed by atoms with van der Waals surface area (Å²) in [4.78, 5) is 25.1. The fourth-order valence-electron chi connectivity index (χ4n) is 4.10. The van der Waals surface area contributed by atoms with Gasteiger partial charge in [-0.15, -0.1) is 0 Å². The van der Waals surface area contributed by atoms with Crippen molar-refractivity contribution in [2.45, 2.75) is 57.9 Å². The van der Waals surface area contributed by atoms with Crippen molar-refractivity contribution in [3.8, 4) is 0 Å². The predicted molar refractivity (Wildman–Crippen MR) is 112 cm³/mol. The normalized spacial score (nSPS) is 17.9. The van der Waals surface area contributed by atoms with Gasteiger partial charge in [-0.3, -0.25) is 9.59 Å². The van der Waals surface area contributed by atoms with Gasteiger partial charge in [0.25, 0.3) is 11.8 Å². The molecule has 0 bridgehead atoms. The molecule has 2 aliphatic rings. The highest BCUT2D eigenvalue weighted by molar-refractivity contribution is 6.30. The van der Waals surface area contributed by atoms with Crippen LogP contribution >= 0.6 is 11.6 Å². The maximum absolute atomic E-state index is 12.7. The van der Waals surface area contributed by atoms with Gasteiger partial charge in [-0.2, -0.15) is 5.10 Å². The summed E-state index contributed by atoms with van der Waals surface area (Å²) in [5.74, 6) is 0.667. The van der Waals surface area contributed by atoms with E-state index < -0.39 is 0 Å². The van der Waals surface area contributed by atoms with Gasteiger partial charge in [0.05, 0.1) is 5.71 Å². The summed E-state index contributed by atoms with van der Waals surface area (Å²) in [5, 5.41) is 8.01. The van der Waals surface area contributed by atoms with Crippen LogP contribution in [0, 0.1) is 6.92 Å². The summed E-state index contributed by atoms with van der Waals surface area (Å²) in [5.41, 5.74) is 5.48. The molecule has 2 amide bonds. The Morgan fingerprint density at radius 1 is 1.07 bits per heavy atom. The van der Waals surface area contributed by atoms with Gasteiger partial charge in [-0.1, -0.05) is 24.4 Å². The molecule has 1 aromatic carbocycles. The number of furan rings is 1. The van der Waals surface area contributed by atoms with Crippen LogP contribution in [0.25, 0.3) is 0 Å². The van der Waals surface area contributed by atoms with Gasteiger partial charge in [0.2, 0.25) is 0 Å². The first-order chi connectivity index (χ1) is 14.0. The van der Waals surface area contributed by atoms with Crippen molar-refractivity contribution in [3.05, 3.63) is 57.5 Å². The van der Waals surface area contributed by atoms with Crippen LogP contribution in [0.15, 0.2) is 33.8 Å². The minimum atomic E-state index is -0.304. The molecule has 0 aliphatic heterocycles. The van der Waals surface area contributed by atoms with Gasteiger partial charge in [0.15, 0.2) is 5.76 Å². The number of benzene rings is 1. The monoisotopic (exact) mass is 413 g/mol. The predicted octanol–water partition coefficient (Wildman–Crippen LogP) is 4.38. The molecule has 1 heterocycles. The Morgan fingerprint density at radius 2 is 1.79 bits per heavy atom. The fraction of sp³-hybridized carbons (Fsp3) is 0.409. The standard InChI is InChI=1S/C22H24ClN3O3/c1-13-19-17(25-26-21(27)14-9-11-15(23)12-10-14)7-4-8-18(19)29-20(13)22(28)24-16-5-2-3-6-16/h9-12,16H,2-8H2,1H3,(H,24,28)(H,26,27)/b25-17+. The zero-order valence-electron chi connectivity index (χ0n) is 16.4. The van der Waals surface area contributed by atoms with Gasteiger partial charge < -0.3 is 9.73 Å². The maximum atomic E-state index is 12.7. The van der Waals surface area contributed by atoms with Crippen molar-refractivity contribution in [2.75, 3.05) is 0 Å². The number of amides is 2. The van der Waals surface area contributed by atoms with E-state index in [-0.39, 0.29) is 17.9 Å². The van der Waals surface area contributed by atoms with E-state index in [2.05, 4.69) is 15.8 Å². The average Bonchev–Trinajstić information content (AvgIpc) is 3.35. The molecular weight excluding hydrogens is 390 g/mol.